The predicted molar refractivity (Wildman–Crippen MR) is 79.1 cm³/mol. The van der Waals surface area contributed by atoms with Crippen molar-refractivity contribution in [3.05, 3.63) is 23.8 Å². The maximum absolute atomic E-state index is 12.2. The Bertz CT molecular complexity index is 581. The summed E-state index contributed by atoms with van der Waals surface area (Å²) in [6, 6.07) is 0. The molecule has 2 rings (SSSR count). The van der Waals surface area contributed by atoms with Crippen molar-refractivity contribution in [2.45, 2.75) is 44.0 Å². The first kappa shape index (κ1) is 17.7. The van der Waals surface area contributed by atoms with Gasteiger partial charge in [0.15, 0.2) is 0 Å². The van der Waals surface area contributed by atoms with Crippen LogP contribution >= 0.6 is 0 Å². The van der Waals surface area contributed by atoms with Crippen molar-refractivity contribution in [1.29, 1.82) is 0 Å². The Kier molecular flexibility index (Phi) is 4.40. The first-order valence-corrected chi connectivity index (χ1v) is 7.34. The lowest BCUT2D eigenvalue weighted by molar-refractivity contribution is -0.156. The minimum atomic E-state index is -1.67. The van der Waals surface area contributed by atoms with Crippen LogP contribution < -0.4 is 0 Å². The Balaban J connectivity index is 2.41. The number of ether oxygens (including phenoxy) is 2. The second-order valence-corrected chi connectivity index (χ2v) is 6.51. The standard InChI is InChI=1S/C16H22O7/c1-14-7-11(18)8-15(2,23-13(14)20)16(14,21)5-4-10(9-17)6-12(19)22-3/h4-6,11,17-18,21H,7-9H2,1-3H3/b5-4+,10-6?/t11-,14+,15+,16-/m0/s1. The third kappa shape index (κ3) is 2.58. The van der Waals surface area contributed by atoms with Gasteiger partial charge < -0.3 is 24.8 Å². The molecule has 1 aliphatic carbocycles. The Labute approximate surface area is 134 Å². The molecular weight excluding hydrogens is 304 g/mol. The average Bonchev–Trinajstić information content (AvgIpc) is 2.56. The molecule has 2 aliphatic rings. The molecule has 0 aromatic rings. The van der Waals surface area contributed by atoms with E-state index in [1.165, 1.54) is 26.2 Å². The summed E-state index contributed by atoms with van der Waals surface area (Å²) in [7, 11) is 1.21. The second-order valence-electron chi connectivity index (χ2n) is 6.51. The number of hydrogen-bond acceptors (Lipinski definition) is 7. The molecule has 7 nitrogen and oxygen atoms in total. The molecule has 0 amide bonds. The third-order valence-electron chi connectivity index (χ3n) is 4.91. The number of aliphatic hydroxyl groups is 3. The summed E-state index contributed by atoms with van der Waals surface area (Å²) in [5.41, 5.74) is -4.03. The maximum atomic E-state index is 12.2. The molecule has 1 aliphatic heterocycles. The van der Waals surface area contributed by atoms with Crippen molar-refractivity contribution in [2.24, 2.45) is 5.41 Å². The number of carbonyl (C=O) groups is 2. The van der Waals surface area contributed by atoms with E-state index in [2.05, 4.69) is 4.74 Å². The normalized spacial score (nSPS) is 40.3. The molecule has 1 saturated carbocycles. The number of methoxy groups -OCH3 is 1. The molecule has 2 bridgehead atoms. The topological polar surface area (TPSA) is 113 Å². The smallest absolute Gasteiger partial charge is 0.330 e. The molecule has 128 valence electrons. The van der Waals surface area contributed by atoms with Crippen LogP contribution in [-0.2, 0) is 19.1 Å². The molecule has 0 aromatic carbocycles. The van der Waals surface area contributed by atoms with Gasteiger partial charge in [-0.1, -0.05) is 6.08 Å². The Hall–Kier alpha value is -1.70. The Morgan fingerprint density at radius 2 is 2.09 bits per heavy atom. The largest absolute Gasteiger partial charge is 0.466 e. The van der Waals surface area contributed by atoms with Gasteiger partial charge in [-0.15, -0.1) is 0 Å². The lowest BCUT2D eigenvalue weighted by Gasteiger charge is -2.47. The van der Waals surface area contributed by atoms with E-state index in [0.29, 0.717) is 0 Å². The van der Waals surface area contributed by atoms with E-state index >= 15 is 0 Å². The summed E-state index contributed by atoms with van der Waals surface area (Å²) in [5.74, 6) is -1.22. The van der Waals surface area contributed by atoms with E-state index in [1.807, 2.05) is 0 Å². The van der Waals surface area contributed by atoms with Crippen molar-refractivity contribution in [1.82, 2.24) is 0 Å². The molecule has 1 heterocycles. The van der Waals surface area contributed by atoms with Crippen LogP contribution in [0.5, 0.6) is 0 Å². The van der Waals surface area contributed by atoms with Gasteiger partial charge in [0.1, 0.15) is 16.6 Å². The molecule has 0 unspecified atom stereocenters. The van der Waals surface area contributed by atoms with Gasteiger partial charge in [0, 0.05) is 12.5 Å². The molecular formula is C16H22O7. The van der Waals surface area contributed by atoms with Crippen molar-refractivity contribution in [3.63, 3.8) is 0 Å². The summed E-state index contributed by atoms with van der Waals surface area (Å²) < 4.78 is 9.85. The molecule has 2 fully saturated rings. The van der Waals surface area contributed by atoms with Gasteiger partial charge in [-0.3, -0.25) is 4.79 Å². The van der Waals surface area contributed by atoms with Crippen LogP contribution in [-0.4, -0.2) is 58.3 Å². The van der Waals surface area contributed by atoms with E-state index in [4.69, 9.17) is 4.74 Å². The molecule has 0 spiro atoms. The summed E-state index contributed by atoms with van der Waals surface area (Å²) >= 11 is 0. The van der Waals surface area contributed by atoms with Gasteiger partial charge in [-0.05, 0) is 31.9 Å². The fraction of sp³-hybridized carbons (Fsp3) is 0.625. The summed E-state index contributed by atoms with van der Waals surface area (Å²) in [5, 5.41) is 30.4. The van der Waals surface area contributed by atoms with Crippen LogP contribution in [0, 0.1) is 5.41 Å². The summed E-state index contributed by atoms with van der Waals surface area (Å²) in [4.78, 5) is 23.5. The molecule has 3 N–H and O–H groups in total. The quantitative estimate of drug-likeness (QED) is 0.374. The van der Waals surface area contributed by atoms with Crippen molar-refractivity contribution in [2.75, 3.05) is 13.7 Å². The minimum absolute atomic E-state index is 0.0669. The maximum Gasteiger partial charge on any atom is 0.330 e. The number of carbonyl (C=O) groups excluding carboxylic acids is 2. The third-order valence-corrected chi connectivity index (χ3v) is 4.91. The van der Waals surface area contributed by atoms with Crippen LogP contribution in [0.15, 0.2) is 23.8 Å². The van der Waals surface area contributed by atoms with E-state index in [-0.39, 0.29) is 18.4 Å². The van der Waals surface area contributed by atoms with Crippen LogP contribution in [0.2, 0.25) is 0 Å². The predicted octanol–water partition coefficient (Wildman–Crippen LogP) is -0.158. The lowest BCUT2D eigenvalue weighted by Crippen LogP contribution is -2.61. The number of rotatable bonds is 4. The van der Waals surface area contributed by atoms with Gasteiger partial charge in [0.05, 0.1) is 19.8 Å². The van der Waals surface area contributed by atoms with E-state index in [9.17, 15) is 24.9 Å². The molecule has 0 radical (unpaired) electrons. The minimum Gasteiger partial charge on any atom is -0.466 e. The second kappa shape index (κ2) is 5.74. The molecule has 4 atom stereocenters. The Morgan fingerprint density at radius 3 is 2.61 bits per heavy atom. The van der Waals surface area contributed by atoms with Crippen LogP contribution in [0.1, 0.15) is 26.7 Å². The lowest BCUT2D eigenvalue weighted by atomic mass is 9.59. The molecule has 23 heavy (non-hydrogen) atoms. The Morgan fingerprint density at radius 1 is 1.43 bits per heavy atom. The highest BCUT2D eigenvalue weighted by atomic mass is 16.6. The van der Waals surface area contributed by atoms with Crippen LogP contribution in [0.3, 0.4) is 0 Å². The van der Waals surface area contributed by atoms with Crippen LogP contribution in [0.25, 0.3) is 0 Å². The van der Waals surface area contributed by atoms with Crippen molar-refractivity contribution < 1.29 is 34.4 Å². The zero-order chi connectivity index (χ0) is 17.5. The van der Waals surface area contributed by atoms with Gasteiger partial charge in [-0.2, -0.15) is 0 Å². The number of aliphatic hydroxyl groups excluding tert-OH is 2. The van der Waals surface area contributed by atoms with E-state index < -0.39 is 41.3 Å². The highest BCUT2D eigenvalue weighted by Gasteiger charge is 2.72. The zero-order valence-electron chi connectivity index (χ0n) is 13.4. The summed E-state index contributed by atoms with van der Waals surface area (Å²) in [6.45, 7) is 2.66. The number of hydrogen-bond donors (Lipinski definition) is 3. The highest BCUT2D eigenvalue weighted by molar-refractivity contribution is 5.84. The zero-order valence-corrected chi connectivity index (χ0v) is 13.4. The van der Waals surface area contributed by atoms with Gasteiger partial charge >= 0.3 is 11.9 Å². The highest BCUT2D eigenvalue weighted by Crippen LogP contribution is 2.58. The monoisotopic (exact) mass is 326 g/mol. The van der Waals surface area contributed by atoms with E-state index in [0.717, 1.165) is 6.08 Å². The SMILES string of the molecule is COC(=O)C=C(/C=C/[C@@]1(O)[C@@]2(C)C[C@@H](O)C[C@]1(C)C(=O)O2)CO. The summed E-state index contributed by atoms with van der Waals surface area (Å²) in [6.07, 6.45) is 3.23. The number of fused-ring (bicyclic) bond motifs is 2. The number of esters is 2. The fourth-order valence-corrected chi connectivity index (χ4v) is 3.51. The van der Waals surface area contributed by atoms with Crippen molar-refractivity contribution >= 4 is 11.9 Å². The molecule has 7 heteroatoms. The first-order valence-electron chi connectivity index (χ1n) is 7.34. The molecule has 0 aromatic heterocycles. The first-order chi connectivity index (χ1) is 10.6. The van der Waals surface area contributed by atoms with E-state index in [1.54, 1.807) is 6.92 Å². The fourth-order valence-electron chi connectivity index (χ4n) is 3.51. The van der Waals surface area contributed by atoms with Gasteiger partial charge in [0.25, 0.3) is 0 Å². The average molecular weight is 326 g/mol. The van der Waals surface area contributed by atoms with Crippen molar-refractivity contribution in [3.8, 4) is 0 Å². The molecule has 1 saturated heterocycles. The van der Waals surface area contributed by atoms with Crippen LogP contribution in [0.4, 0.5) is 0 Å². The van der Waals surface area contributed by atoms with Gasteiger partial charge in [0.2, 0.25) is 0 Å². The van der Waals surface area contributed by atoms with Gasteiger partial charge in [-0.25, -0.2) is 4.79 Å².